The number of nitrogens with zero attached hydrogens (tertiary/aromatic N) is 1. The molecule has 1 N–H and O–H groups in total. The summed E-state index contributed by atoms with van der Waals surface area (Å²) < 4.78 is 0. The Labute approximate surface area is 126 Å². The standard InChI is InChI=1S/C18H36N2/c1-5-9-19-17-13-14(3)12-15(4)18(17)20-10-7-16(6-2)8-11-20/h14-19H,5-13H2,1-4H3. The van der Waals surface area contributed by atoms with Crippen LogP contribution >= 0.6 is 0 Å². The Morgan fingerprint density at radius 2 is 1.75 bits per heavy atom. The van der Waals surface area contributed by atoms with Crippen LogP contribution in [0.25, 0.3) is 0 Å². The molecular weight excluding hydrogens is 244 g/mol. The Morgan fingerprint density at radius 3 is 2.35 bits per heavy atom. The predicted molar refractivity (Wildman–Crippen MR) is 88.0 cm³/mol. The van der Waals surface area contributed by atoms with E-state index in [4.69, 9.17) is 0 Å². The number of hydrogen-bond acceptors (Lipinski definition) is 2. The second kappa shape index (κ2) is 7.79. The van der Waals surface area contributed by atoms with Gasteiger partial charge in [-0.05, 0) is 69.5 Å². The van der Waals surface area contributed by atoms with E-state index in [1.165, 1.54) is 58.2 Å². The van der Waals surface area contributed by atoms with E-state index >= 15 is 0 Å². The van der Waals surface area contributed by atoms with Gasteiger partial charge in [-0.15, -0.1) is 0 Å². The zero-order valence-corrected chi connectivity index (χ0v) is 14.2. The molecule has 2 rings (SSSR count). The van der Waals surface area contributed by atoms with Crippen LogP contribution in [0.5, 0.6) is 0 Å². The second-order valence-corrected chi connectivity index (χ2v) is 7.49. The van der Waals surface area contributed by atoms with Crippen molar-refractivity contribution in [2.24, 2.45) is 17.8 Å². The lowest BCUT2D eigenvalue weighted by Crippen LogP contribution is -2.58. The lowest BCUT2D eigenvalue weighted by atomic mass is 9.75. The summed E-state index contributed by atoms with van der Waals surface area (Å²) in [5, 5.41) is 3.86. The van der Waals surface area contributed by atoms with E-state index in [1.807, 2.05) is 0 Å². The van der Waals surface area contributed by atoms with Crippen molar-refractivity contribution in [3.05, 3.63) is 0 Å². The van der Waals surface area contributed by atoms with E-state index in [1.54, 1.807) is 0 Å². The fourth-order valence-electron chi connectivity index (χ4n) is 4.65. The van der Waals surface area contributed by atoms with Crippen LogP contribution in [0, 0.1) is 17.8 Å². The average molecular weight is 281 g/mol. The van der Waals surface area contributed by atoms with Crippen molar-refractivity contribution in [1.82, 2.24) is 10.2 Å². The quantitative estimate of drug-likeness (QED) is 0.821. The van der Waals surface area contributed by atoms with Gasteiger partial charge in [0.1, 0.15) is 0 Å². The van der Waals surface area contributed by atoms with Crippen LogP contribution in [0.4, 0.5) is 0 Å². The van der Waals surface area contributed by atoms with E-state index < -0.39 is 0 Å². The molecule has 0 radical (unpaired) electrons. The van der Waals surface area contributed by atoms with Crippen LogP contribution in [0.1, 0.15) is 66.2 Å². The molecule has 0 spiro atoms. The molecule has 2 aliphatic rings. The molecule has 20 heavy (non-hydrogen) atoms. The largest absolute Gasteiger partial charge is 0.312 e. The van der Waals surface area contributed by atoms with Gasteiger partial charge in [-0.1, -0.05) is 34.1 Å². The number of likely N-dealkylation sites (tertiary alicyclic amines) is 1. The zero-order valence-electron chi connectivity index (χ0n) is 14.2. The first kappa shape index (κ1) is 16.3. The first-order valence-corrected chi connectivity index (χ1v) is 9.13. The second-order valence-electron chi connectivity index (χ2n) is 7.49. The van der Waals surface area contributed by atoms with Crippen LogP contribution in [-0.4, -0.2) is 36.6 Å². The van der Waals surface area contributed by atoms with Gasteiger partial charge in [0.15, 0.2) is 0 Å². The van der Waals surface area contributed by atoms with E-state index in [9.17, 15) is 0 Å². The first-order valence-electron chi connectivity index (χ1n) is 9.13. The fraction of sp³-hybridized carbons (Fsp3) is 1.00. The van der Waals surface area contributed by atoms with Crippen LogP contribution in [-0.2, 0) is 0 Å². The van der Waals surface area contributed by atoms with Gasteiger partial charge in [0, 0.05) is 12.1 Å². The molecule has 1 aliphatic heterocycles. The Hall–Kier alpha value is -0.0800. The molecule has 0 aromatic heterocycles. The summed E-state index contributed by atoms with van der Waals surface area (Å²) in [7, 11) is 0. The highest BCUT2D eigenvalue weighted by Crippen LogP contribution is 2.34. The fourth-order valence-corrected chi connectivity index (χ4v) is 4.65. The van der Waals surface area contributed by atoms with E-state index in [0.717, 1.165) is 29.8 Å². The van der Waals surface area contributed by atoms with Crippen molar-refractivity contribution in [2.75, 3.05) is 19.6 Å². The number of rotatable bonds is 5. The van der Waals surface area contributed by atoms with Crippen molar-refractivity contribution >= 4 is 0 Å². The molecule has 1 heterocycles. The minimum absolute atomic E-state index is 0.729. The van der Waals surface area contributed by atoms with Gasteiger partial charge in [0.25, 0.3) is 0 Å². The molecule has 0 aromatic carbocycles. The highest BCUT2D eigenvalue weighted by molar-refractivity contribution is 4.95. The zero-order chi connectivity index (χ0) is 14.5. The van der Waals surface area contributed by atoms with Crippen molar-refractivity contribution in [3.8, 4) is 0 Å². The molecule has 1 saturated heterocycles. The van der Waals surface area contributed by atoms with E-state index in [0.29, 0.717) is 0 Å². The van der Waals surface area contributed by atoms with Crippen molar-refractivity contribution in [2.45, 2.75) is 78.3 Å². The highest BCUT2D eigenvalue weighted by Gasteiger charge is 2.38. The smallest absolute Gasteiger partial charge is 0.0275 e. The predicted octanol–water partition coefficient (Wildman–Crippen LogP) is 3.91. The maximum Gasteiger partial charge on any atom is 0.0275 e. The van der Waals surface area contributed by atoms with Crippen LogP contribution in [0.15, 0.2) is 0 Å². The molecule has 0 amide bonds. The molecule has 2 nitrogen and oxygen atoms in total. The summed E-state index contributed by atoms with van der Waals surface area (Å²) >= 11 is 0. The molecule has 0 bridgehead atoms. The Bertz CT molecular complexity index is 271. The number of hydrogen-bond donors (Lipinski definition) is 1. The topological polar surface area (TPSA) is 15.3 Å². The molecule has 118 valence electrons. The minimum atomic E-state index is 0.729. The Balaban J connectivity index is 1.97. The lowest BCUT2D eigenvalue weighted by molar-refractivity contribution is 0.0359. The molecule has 4 atom stereocenters. The monoisotopic (exact) mass is 280 g/mol. The number of nitrogens with one attached hydrogen (secondary N) is 1. The van der Waals surface area contributed by atoms with Crippen LogP contribution in [0.3, 0.4) is 0 Å². The summed E-state index contributed by atoms with van der Waals surface area (Å²) in [4.78, 5) is 2.83. The maximum atomic E-state index is 3.86. The highest BCUT2D eigenvalue weighted by atomic mass is 15.2. The third kappa shape index (κ3) is 3.98. The van der Waals surface area contributed by atoms with Crippen molar-refractivity contribution in [1.29, 1.82) is 0 Å². The summed E-state index contributed by atoms with van der Waals surface area (Å²) in [6.45, 7) is 13.4. The first-order chi connectivity index (χ1) is 9.65. The van der Waals surface area contributed by atoms with Crippen molar-refractivity contribution in [3.63, 3.8) is 0 Å². The normalized spacial score (nSPS) is 37.2. The third-order valence-corrected chi connectivity index (χ3v) is 5.73. The van der Waals surface area contributed by atoms with Gasteiger partial charge in [-0.25, -0.2) is 0 Å². The van der Waals surface area contributed by atoms with E-state index in [-0.39, 0.29) is 0 Å². The maximum absolute atomic E-state index is 3.86. The summed E-state index contributed by atoms with van der Waals surface area (Å²) in [6, 6.07) is 1.52. The third-order valence-electron chi connectivity index (χ3n) is 5.73. The summed E-state index contributed by atoms with van der Waals surface area (Å²) in [5.74, 6) is 2.74. The van der Waals surface area contributed by atoms with Crippen molar-refractivity contribution < 1.29 is 0 Å². The Morgan fingerprint density at radius 1 is 1.05 bits per heavy atom. The van der Waals surface area contributed by atoms with Gasteiger partial charge in [0.2, 0.25) is 0 Å². The van der Waals surface area contributed by atoms with Gasteiger partial charge in [-0.2, -0.15) is 0 Å². The average Bonchev–Trinajstić information content (AvgIpc) is 2.45. The van der Waals surface area contributed by atoms with E-state index in [2.05, 4.69) is 37.9 Å². The van der Waals surface area contributed by atoms with Crippen LogP contribution < -0.4 is 5.32 Å². The molecular formula is C18H36N2. The molecule has 0 aromatic rings. The molecule has 1 aliphatic carbocycles. The molecule has 4 unspecified atom stereocenters. The van der Waals surface area contributed by atoms with Gasteiger partial charge in [0.05, 0.1) is 0 Å². The minimum Gasteiger partial charge on any atom is -0.312 e. The van der Waals surface area contributed by atoms with Gasteiger partial charge >= 0.3 is 0 Å². The molecule has 2 fully saturated rings. The lowest BCUT2D eigenvalue weighted by Gasteiger charge is -2.48. The SMILES string of the molecule is CCCNC1CC(C)CC(C)C1N1CCC(CC)CC1. The Kier molecular flexibility index (Phi) is 6.35. The summed E-state index contributed by atoms with van der Waals surface area (Å²) in [6.07, 6.45) is 8.28. The van der Waals surface area contributed by atoms with Gasteiger partial charge < -0.3 is 5.32 Å². The molecule has 1 saturated carbocycles. The summed E-state index contributed by atoms with van der Waals surface area (Å²) in [5.41, 5.74) is 0. The molecule has 2 heteroatoms. The van der Waals surface area contributed by atoms with Gasteiger partial charge in [-0.3, -0.25) is 4.90 Å². The van der Waals surface area contributed by atoms with Crippen LogP contribution in [0.2, 0.25) is 0 Å². The number of piperidine rings is 1.